The van der Waals surface area contributed by atoms with Crippen LogP contribution in [-0.2, 0) is 6.54 Å². The quantitative estimate of drug-likeness (QED) is 0.858. The summed E-state index contributed by atoms with van der Waals surface area (Å²) < 4.78 is 2.62. The predicted molar refractivity (Wildman–Crippen MR) is 79.0 cm³/mol. The Balaban J connectivity index is 2.25. The van der Waals surface area contributed by atoms with E-state index in [9.17, 15) is 0 Å². The van der Waals surface area contributed by atoms with Crippen molar-refractivity contribution in [3.8, 4) is 0 Å². The lowest BCUT2D eigenvalue weighted by atomic mass is 9.95. The smallest absolute Gasteiger partial charge is 0.127 e. The second-order valence-corrected chi connectivity index (χ2v) is 6.86. The van der Waals surface area contributed by atoms with Gasteiger partial charge in [-0.05, 0) is 38.5 Å². The normalized spacial score (nSPS) is 25.5. The van der Waals surface area contributed by atoms with E-state index in [-0.39, 0.29) is 0 Å². The summed E-state index contributed by atoms with van der Waals surface area (Å²) in [6.07, 6.45) is 7.84. The molecule has 1 aliphatic rings. The first-order chi connectivity index (χ1) is 8.71. The minimum absolute atomic E-state index is 0.298. The van der Waals surface area contributed by atoms with Crippen LogP contribution in [0.5, 0.6) is 0 Å². The Morgan fingerprint density at radius 2 is 2.39 bits per heavy atom. The molecule has 1 aromatic heterocycles. The van der Waals surface area contributed by atoms with Crippen molar-refractivity contribution in [2.24, 2.45) is 0 Å². The molecular weight excluding hydrogens is 242 g/mol. The van der Waals surface area contributed by atoms with Crippen LogP contribution < -0.4 is 5.32 Å². The zero-order chi connectivity index (χ0) is 13.0. The Labute approximate surface area is 115 Å². The standard InChI is InChI=1S/C14H25N3S/c1-4-9-17-10-8-16-13(17)12(15-5-2)14(3)7-6-11-18-14/h8,10,12,15H,4-7,9,11H2,1-3H3. The minimum Gasteiger partial charge on any atom is -0.334 e. The third-order valence-corrected chi connectivity index (χ3v) is 5.33. The fraction of sp³-hybridized carbons (Fsp3) is 0.786. The second kappa shape index (κ2) is 6.11. The zero-order valence-corrected chi connectivity index (χ0v) is 12.6. The van der Waals surface area contributed by atoms with Gasteiger partial charge in [-0.25, -0.2) is 4.98 Å². The van der Waals surface area contributed by atoms with Crippen LogP contribution in [0.25, 0.3) is 0 Å². The first kappa shape index (κ1) is 13.9. The van der Waals surface area contributed by atoms with Gasteiger partial charge in [-0.2, -0.15) is 11.8 Å². The van der Waals surface area contributed by atoms with Gasteiger partial charge in [0.05, 0.1) is 6.04 Å². The molecule has 0 aromatic carbocycles. The van der Waals surface area contributed by atoms with Gasteiger partial charge in [-0.3, -0.25) is 0 Å². The molecule has 1 saturated heterocycles. The van der Waals surface area contributed by atoms with Crippen molar-refractivity contribution in [3.05, 3.63) is 18.2 Å². The highest BCUT2D eigenvalue weighted by Crippen LogP contribution is 2.46. The summed E-state index contributed by atoms with van der Waals surface area (Å²) in [6.45, 7) is 8.86. The largest absolute Gasteiger partial charge is 0.334 e. The third kappa shape index (κ3) is 2.75. The second-order valence-electron chi connectivity index (χ2n) is 5.23. The molecule has 0 amide bonds. The van der Waals surface area contributed by atoms with E-state index in [1.54, 1.807) is 0 Å². The lowest BCUT2D eigenvalue weighted by Gasteiger charge is -2.33. The number of rotatable bonds is 6. The number of nitrogens with zero attached hydrogens (tertiary/aromatic N) is 2. The maximum Gasteiger partial charge on any atom is 0.127 e. The number of hydrogen-bond donors (Lipinski definition) is 1. The Kier molecular flexibility index (Phi) is 4.73. The van der Waals surface area contributed by atoms with Crippen LogP contribution in [0.4, 0.5) is 0 Å². The average molecular weight is 267 g/mol. The van der Waals surface area contributed by atoms with Crippen molar-refractivity contribution >= 4 is 11.8 Å². The third-order valence-electron chi connectivity index (χ3n) is 3.74. The zero-order valence-electron chi connectivity index (χ0n) is 11.8. The maximum atomic E-state index is 4.63. The molecule has 0 saturated carbocycles. The number of aryl methyl sites for hydroxylation is 1. The van der Waals surface area contributed by atoms with Crippen molar-refractivity contribution in [2.45, 2.75) is 57.4 Å². The number of imidazole rings is 1. The van der Waals surface area contributed by atoms with Crippen molar-refractivity contribution in [1.82, 2.24) is 14.9 Å². The van der Waals surface area contributed by atoms with Crippen LogP contribution >= 0.6 is 11.8 Å². The molecule has 0 aliphatic carbocycles. The molecule has 0 bridgehead atoms. The van der Waals surface area contributed by atoms with Gasteiger partial charge in [0.1, 0.15) is 5.82 Å². The van der Waals surface area contributed by atoms with Crippen molar-refractivity contribution < 1.29 is 0 Å². The van der Waals surface area contributed by atoms with E-state index in [1.807, 2.05) is 6.20 Å². The summed E-state index contributed by atoms with van der Waals surface area (Å²) in [4.78, 5) is 4.63. The molecular formula is C14H25N3S. The minimum atomic E-state index is 0.298. The summed E-state index contributed by atoms with van der Waals surface area (Å²) in [5.41, 5.74) is 0. The fourth-order valence-electron chi connectivity index (χ4n) is 2.82. The molecule has 0 radical (unpaired) electrons. The monoisotopic (exact) mass is 267 g/mol. The number of aromatic nitrogens is 2. The van der Waals surface area contributed by atoms with Crippen molar-refractivity contribution in [3.63, 3.8) is 0 Å². The lowest BCUT2D eigenvalue weighted by Crippen LogP contribution is -2.39. The van der Waals surface area contributed by atoms with Crippen LogP contribution in [0.2, 0.25) is 0 Å². The topological polar surface area (TPSA) is 29.9 Å². The van der Waals surface area contributed by atoms with E-state index < -0.39 is 0 Å². The fourth-order valence-corrected chi connectivity index (χ4v) is 4.22. The van der Waals surface area contributed by atoms with E-state index in [0.29, 0.717) is 10.8 Å². The van der Waals surface area contributed by atoms with Crippen LogP contribution in [0, 0.1) is 0 Å². The molecule has 2 rings (SSSR count). The van der Waals surface area contributed by atoms with E-state index in [1.165, 1.54) is 24.4 Å². The molecule has 4 heteroatoms. The average Bonchev–Trinajstić information content (AvgIpc) is 2.97. The molecule has 0 spiro atoms. The Bertz CT molecular complexity index is 369. The van der Waals surface area contributed by atoms with Crippen molar-refractivity contribution in [1.29, 1.82) is 0 Å². The Morgan fingerprint density at radius 1 is 1.56 bits per heavy atom. The van der Waals surface area contributed by atoms with E-state index in [0.717, 1.165) is 19.5 Å². The maximum absolute atomic E-state index is 4.63. The van der Waals surface area contributed by atoms with Gasteiger partial charge >= 0.3 is 0 Å². The molecule has 1 aliphatic heterocycles. The van der Waals surface area contributed by atoms with Gasteiger partial charge in [0.15, 0.2) is 0 Å². The number of nitrogens with one attached hydrogen (secondary N) is 1. The summed E-state index contributed by atoms with van der Waals surface area (Å²) >= 11 is 2.10. The molecule has 3 nitrogen and oxygen atoms in total. The van der Waals surface area contributed by atoms with Gasteiger partial charge in [0.2, 0.25) is 0 Å². The predicted octanol–water partition coefficient (Wildman–Crippen LogP) is 3.23. The molecule has 1 fully saturated rings. The highest BCUT2D eigenvalue weighted by atomic mass is 32.2. The molecule has 2 unspecified atom stereocenters. The van der Waals surface area contributed by atoms with Gasteiger partial charge < -0.3 is 9.88 Å². The first-order valence-corrected chi connectivity index (χ1v) is 8.08. The highest BCUT2D eigenvalue weighted by molar-refractivity contribution is 8.00. The van der Waals surface area contributed by atoms with Crippen LogP contribution in [-0.4, -0.2) is 26.6 Å². The van der Waals surface area contributed by atoms with Crippen LogP contribution in [0.15, 0.2) is 12.4 Å². The number of hydrogen-bond acceptors (Lipinski definition) is 3. The van der Waals surface area contributed by atoms with Gasteiger partial charge in [-0.15, -0.1) is 0 Å². The molecule has 18 heavy (non-hydrogen) atoms. The summed E-state index contributed by atoms with van der Waals surface area (Å²) in [5.74, 6) is 2.50. The van der Waals surface area contributed by atoms with Gasteiger partial charge in [0.25, 0.3) is 0 Å². The summed E-state index contributed by atoms with van der Waals surface area (Å²) in [6, 6.07) is 0.372. The highest BCUT2D eigenvalue weighted by Gasteiger charge is 2.40. The van der Waals surface area contributed by atoms with Gasteiger partial charge in [-0.1, -0.05) is 13.8 Å². The number of thioether (sulfide) groups is 1. The molecule has 2 atom stereocenters. The van der Waals surface area contributed by atoms with Crippen LogP contribution in [0.3, 0.4) is 0 Å². The molecule has 102 valence electrons. The SMILES string of the molecule is CCCn1ccnc1C(NCC)C1(C)CCCS1. The molecule has 1 aromatic rings. The molecule has 1 N–H and O–H groups in total. The summed E-state index contributed by atoms with van der Waals surface area (Å²) in [5, 5.41) is 3.66. The van der Waals surface area contributed by atoms with E-state index >= 15 is 0 Å². The lowest BCUT2D eigenvalue weighted by molar-refractivity contribution is 0.389. The van der Waals surface area contributed by atoms with E-state index in [2.05, 4.69) is 53.6 Å². The van der Waals surface area contributed by atoms with Gasteiger partial charge in [0, 0.05) is 23.7 Å². The Morgan fingerprint density at radius 3 is 3.00 bits per heavy atom. The van der Waals surface area contributed by atoms with E-state index in [4.69, 9.17) is 0 Å². The first-order valence-electron chi connectivity index (χ1n) is 7.09. The Hall–Kier alpha value is -0.480. The summed E-state index contributed by atoms with van der Waals surface area (Å²) in [7, 11) is 0. The van der Waals surface area contributed by atoms with Crippen LogP contribution in [0.1, 0.15) is 51.9 Å². The van der Waals surface area contributed by atoms with Crippen molar-refractivity contribution in [2.75, 3.05) is 12.3 Å². The molecule has 2 heterocycles.